The van der Waals surface area contributed by atoms with Gasteiger partial charge in [-0.25, -0.2) is 4.79 Å². The summed E-state index contributed by atoms with van der Waals surface area (Å²) in [5, 5.41) is 10.8. The number of amides is 1. The summed E-state index contributed by atoms with van der Waals surface area (Å²) >= 11 is 0. The SMILES string of the molecule is CCOC(=O)C1=C(C)Cc2c1c(C#CC1(O)CCN(C(C)=O)CC1)cn(C)c2=O. The molecule has 1 aliphatic carbocycles. The van der Waals surface area contributed by atoms with Crippen molar-refractivity contribution in [2.24, 2.45) is 7.05 Å². The maximum atomic E-state index is 12.6. The van der Waals surface area contributed by atoms with Crippen LogP contribution in [0.5, 0.6) is 0 Å². The fourth-order valence-corrected chi connectivity index (χ4v) is 3.89. The zero-order valence-electron chi connectivity index (χ0n) is 17.3. The van der Waals surface area contributed by atoms with Gasteiger partial charge in [-0.1, -0.05) is 17.4 Å². The first kappa shape index (κ1) is 20.9. The average Bonchev–Trinajstić information content (AvgIpc) is 3.01. The summed E-state index contributed by atoms with van der Waals surface area (Å²) in [6.45, 7) is 6.18. The molecule has 1 aromatic heterocycles. The van der Waals surface area contributed by atoms with Crippen LogP contribution in [0.15, 0.2) is 16.6 Å². The van der Waals surface area contributed by atoms with Gasteiger partial charge in [-0.3, -0.25) is 9.59 Å². The van der Waals surface area contributed by atoms with Crippen molar-refractivity contribution >= 4 is 17.4 Å². The minimum absolute atomic E-state index is 0.0180. The van der Waals surface area contributed by atoms with Gasteiger partial charge in [0, 0.05) is 69.2 Å². The minimum atomic E-state index is -1.21. The van der Waals surface area contributed by atoms with Gasteiger partial charge in [-0.2, -0.15) is 0 Å². The van der Waals surface area contributed by atoms with Crippen molar-refractivity contribution in [2.75, 3.05) is 19.7 Å². The lowest BCUT2D eigenvalue weighted by Gasteiger charge is -2.34. The van der Waals surface area contributed by atoms with E-state index in [0.29, 0.717) is 54.6 Å². The highest BCUT2D eigenvalue weighted by Crippen LogP contribution is 2.34. The van der Waals surface area contributed by atoms with E-state index in [1.54, 1.807) is 25.1 Å². The Morgan fingerprint density at radius 2 is 1.97 bits per heavy atom. The standard InChI is InChI=1S/C22H26N2O5/c1-5-29-21(27)18-14(2)12-17-19(18)16(13-23(4)20(17)26)6-7-22(28)8-10-24(11-9-22)15(3)25/h13,28H,5,8-12H2,1-4H3. The van der Waals surface area contributed by atoms with E-state index in [0.717, 1.165) is 5.57 Å². The summed E-state index contributed by atoms with van der Waals surface area (Å²) in [6.07, 6.45) is 2.68. The molecule has 2 aliphatic rings. The number of aliphatic hydroxyl groups is 1. The third-order valence-corrected chi connectivity index (χ3v) is 5.54. The highest BCUT2D eigenvalue weighted by Gasteiger charge is 2.33. The molecule has 7 heteroatoms. The van der Waals surface area contributed by atoms with Crippen LogP contribution < -0.4 is 5.56 Å². The fraction of sp³-hybridized carbons (Fsp3) is 0.500. The molecule has 0 aromatic carbocycles. The molecule has 0 atom stereocenters. The number of piperidine rings is 1. The van der Waals surface area contributed by atoms with Crippen LogP contribution in [0.2, 0.25) is 0 Å². The van der Waals surface area contributed by atoms with Crippen molar-refractivity contribution in [3.05, 3.63) is 38.8 Å². The van der Waals surface area contributed by atoms with E-state index in [9.17, 15) is 19.5 Å². The third-order valence-electron chi connectivity index (χ3n) is 5.54. The first-order valence-electron chi connectivity index (χ1n) is 9.77. The number of allylic oxidation sites excluding steroid dienone is 1. The molecule has 3 rings (SSSR count). The Kier molecular flexibility index (Phi) is 5.67. The monoisotopic (exact) mass is 398 g/mol. The van der Waals surface area contributed by atoms with Crippen molar-refractivity contribution in [1.29, 1.82) is 0 Å². The van der Waals surface area contributed by atoms with E-state index in [2.05, 4.69) is 11.8 Å². The van der Waals surface area contributed by atoms with E-state index in [1.165, 1.54) is 11.5 Å². The number of fused-ring (bicyclic) bond motifs is 1. The van der Waals surface area contributed by atoms with Crippen molar-refractivity contribution in [3.63, 3.8) is 0 Å². The zero-order chi connectivity index (χ0) is 21.3. The predicted molar refractivity (Wildman–Crippen MR) is 108 cm³/mol. The van der Waals surface area contributed by atoms with Gasteiger partial charge >= 0.3 is 5.97 Å². The molecule has 2 heterocycles. The summed E-state index contributed by atoms with van der Waals surface area (Å²) < 4.78 is 6.64. The number of rotatable bonds is 2. The quantitative estimate of drug-likeness (QED) is 0.593. The van der Waals surface area contributed by atoms with Gasteiger partial charge in [-0.15, -0.1) is 0 Å². The molecule has 1 saturated heterocycles. The number of carbonyl (C=O) groups excluding carboxylic acids is 2. The number of esters is 1. The van der Waals surface area contributed by atoms with Crippen LogP contribution in [-0.4, -0.2) is 51.7 Å². The lowest BCUT2D eigenvalue weighted by Crippen LogP contribution is -2.45. The number of ether oxygens (including phenoxy) is 1. The van der Waals surface area contributed by atoms with E-state index >= 15 is 0 Å². The lowest BCUT2D eigenvalue weighted by molar-refractivity contribution is -0.136. The normalized spacial score (nSPS) is 17.5. The topological polar surface area (TPSA) is 88.8 Å². The minimum Gasteiger partial charge on any atom is -0.462 e. The number of hydrogen-bond acceptors (Lipinski definition) is 5. The van der Waals surface area contributed by atoms with Crippen molar-refractivity contribution in [1.82, 2.24) is 9.47 Å². The van der Waals surface area contributed by atoms with Crippen LogP contribution in [0, 0.1) is 11.8 Å². The number of aryl methyl sites for hydroxylation is 1. The molecule has 1 N–H and O–H groups in total. The second kappa shape index (κ2) is 7.88. The maximum absolute atomic E-state index is 12.6. The number of pyridine rings is 1. The smallest absolute Gasteiger partial charge is 0.338 e. The second-order valence-corrected chi connectivity index (χ2v) is 7.65. The summed E-state index contributed by atoms with van der Waals surface area (Å²) in [7, 11) is 1.64. The van der Waals surface area contributed by atoms with Gasteiger partial charge in [0.2, 0.25) is 5.91 Å². The summed E-state index contributed by atoms with van der Waals surface area (Å²) in [5.74, 6) is 5.46. The van der Waals surface area contributed by atoms with Crippen LogP contribution in [0.25, 0.3) is 5.57 Å². The van der Waals surface area contributed by atoms with E-state index < -0.39 is 11.6 Å². The highest BCUT2D eigenvalue weighted by molar-refractivity contribution is 6.19. The number of likely N-dealkylation sites (tertiary alicyclic amines) is 1. The largest absolute Gasteiger partial charge is 0.462 e. The molecule has 0 saturated carbocycles. The van der Waals surface area contributed by atoms with E-state index in [-0.39, 0.29) is 18.1 Å². The molecule has 0 radical (unpaired) electrons. The van der Waals surface area contributed by atoms with Crippen LogP contribution in [0.3, 0.4) is 0 Å². The summed E-state index contributed by atoms with van der Waals surface area (Å²) in [4.78, 5) is 38.3. The molecule has 1 aliphatic heterocycles. The van der Waals surface area contributed by atoms with Crippen molar-refractivity contribution in [2.45, 2.75) is 45.6 Å². The molecule has 0 bridgehead atoms. The van der Waals surface area contributed by atoms with Crippen molar-refractivity contribution < 1.29 is 19.4 Å². The number of carbonyl (C=O) groups is 2. The third kappa shape index (κ3) is 3.99. The number of aromatic nitrogens is 1. The Hall–Kier alpha value is -2.85. The molecule has 1 aromatic rings. The maximum Gasteiger partial charge on any atom is 0.338 e. The van der Waals surface area contributed by atoms with Gasteiger partial charge < -0.3 is 19.3 Å². The first-order chi connectivity index (χ1) is 13.7. The molecule has 0 spiro atoms. The molecule has 7 nitrogen and oxygen atoms in total. The lowest BCUT2D eigenvalue weighted by atomic mass is 9.91. The van der Waals surface area contributed by atoms with Crippen LogP contribution >= 0.6 is 0 Å². The molecule has 1 amide bonds. The van der Waals surface area contributed by atoms with E-state index in [1.807, 2.05) is 6.92 Å². The Bertz CT molecular complexity index is 1010. The predicted octanol–water partition coefficient (Wildman–Crippen LogP) is 1.00. The Balaban J connectivity index is 2.01. The number of hydrogen-bond donors (Lipinski definition) is 1. The van der Waals surface area contributed by atoms with E-state index in [4.69, 9.17) is 4.74 Å². The van der Waals surface area contributed by atoms with Crippen LogP contribution in [0.4, 0.5) is 0 Å². The van der Waals surface area contributed by atoms with Gasteiger partial charge in [0.1, 0.15) is 5.60 Å². The molecular formula is C22H26N2O5. The highest BCUT2D eigenvalue weighted by atomic mass is 16.5. The van der Waals surface area contributed by atoms with Gasteiger partial charge in [0.15, 0.2) is 0 Å². The Morgan fingerprint density at radius 3 is 2.55 bits per heavy atom. The second-order valence-electron chi connectivity index (χ2n) is 7.65. The van der Waals surface area contributed by atoms with Crippen LogP contribution in [0.1, 0.15) is 50.3 Å². The Labute approximate surface area is 170 Å². The average molecular weight is 398 g/mol. The summed E-state index contributed by atoms with van der Waals surface area (Å²) in [5.41, 5.74) is 1.34. The van der Waals surface area contributed by atoms with Gasteiger partial charge in [-0.05, 0) is 13.8 Å². The van der Waals surface area contributed by atoms with Crippen LogP contribution in [-0.2, 0) is 27.8 Å². The first-order valence-corrected chi connectivity index (χ1v) is 9.77. The Morgan fingerprint density at radius 1 is 1.31 bits per heavy atom. The molecule has 29 heavy (non-hydrogen) atoms. The van der Waals surface area contributed by atoms with Crippen molar-refractivity contribution in [3.8, 4) is 11.8 Å². The molecule has 0 unspecified atom stereocenters. The molecule has 154 valence electrons. The zero-order valence-corrected chi connectivity index (χ0v) is 17.3. The summed E-state index contributed by atoms with van der Waals surface area (Å²) in [6, 6.07) is 0. The fourth-order valence-electron chi connectivity index (χ4n) is 3.89. The van der Waals surface area contributed by atoms with Gasteiger partial charge in [0.05, 0.1) is 12.2 Å². The van der Waals surface area contributed by atoms with Gasteiger partial charge in [0.25, 0.3) is 5.56 Å². The molecular weight excluding hydrogens is 372 g/mol. The number of nitrogens with zero attached hydrogens (tertiary/aromatic N) is 2. The molecule has 1 fully saturated rings.